The fourth-order valence-electron chi connectivity index (χ4n) is 1.90. The Bertz CT molecular complexity index is 538. The van der Waals surface area contributed by atoms with Crippen molar-refractivity contribution in [2.75, 3.05) is 0 Å². The molecule has 0 spiro atoms. The molecule has 1 saturated carbocycles. The molecule has 2 heterocycles. The highest BCUT2D eigenvalue weighted by atomic mass is 19.4. The number of fused-ring (bicyclic) bond motifs is 1. The molecule has 1 aliphatic carbocycles. The Labute approximate surface area is 89.7 Å². The predicted molar refractivity (Wildman–Crippen MR) is 52.2 cm³/mol. The van der Waals surface area contributed by atoms with E-state index in [2.05, 4.69) is 4.98 Å². The van der Waals surface area contributed by atoms with Gasteiger partial charge in [0.15, 0.2) is 0 Å². The standard InChI is InChI=1S/C11H9F3N2/c12-11(13,14)9-5-8(7-1-2-7)6-16-4-3-15-10(9)16/h3-7H,1-2H2. The zero-order valence-corrected chi connectivity index (χ0v) is 8.33. The number of rotatable bonds is 1. The molecule has 0 radical (unpaired) electrons. The number of halogens is 3. The lowest BCUT2D eigenvalue weighted by Crippen LogP contribution is -2.08. The van der Waals surface area contributed by atoms with Gasteiger partial charge in [-0.2, -0.15) is 13.2 Å². The van der Waals surface area contributed by atoms with Gasteiger partial charge in [0.2, 0.25) is 0 Å². The van der Waals surface area contributed by atoms with Gasteiger partial charge in [-0.1, -0.05) is 0 Å². The molecular weight excluding hydrogens is 217 g/mol. The monoisotopic (exact) mass is 226 g/mol. The van der Waals surface area contributed by atoms with E-state index in [-0.39, 0.29) is 5.65 Å². The number of aromatic nitrogens is 2. The lowest BCUT2D eigenvalue weighted by atomic mass is 10.1. The van der Waals surface area contributed by atoms with Crippen LogP contribution in [0.3, 0.4) is 0 Å². The maximum absolute atomic E-state index is 12.8. The molecule has 0 amide bonds. The van der Waals surface area contributed by atoms with Crippen LogP contribution < -0.4 is 0 Å². The van der Waals surface area contributed by atoms with Gasteiger partial charge in [-0.3, -0.25) is 0 Å². The molecule has 1 fully saturated rings. The van der Waals surface area contributed by atoms with E-state index in [1.165, 1.54) is 16.7 Å². The molecule has 2 aromatic heterocycles. The van der Waals surface area contributed by atoms with Gasteiger partial charge in [0.05, 0.1) is 5.56 Å². The number of hydrogen-bond acceptors (Lipinski definition) is 1. The van der Waals surface area contributed by atoms with Crippen LogP contribution in [0.2, 0.25) is 0 Å². The van der Waals surface area contributed by atoms with E-state index >= 15 is 0 Å². The minimum absolute atomic E-state index is 0.0168. The van der Waals surface area contributed by atoms with E-state index in [0.717, 1.165) is 18.4 Å². The van der Waals surface area contributed by atoms with E-state index in [1.54, 1.807) is 12.4 Å². The van der Waals surface area contributed by atoms with Crippen LogP contribution in [0.25, 0.3) is 5.65 Å². The van der Waals surface area contributed by atoms with Crippen molar-refractivity contribution in [2.24, 2.45) is 0 Å². The molecule has 3 rings (SSSR count). The van der Waals surface area contributed by atoms with E-state index in [9.17, 15) is 13.2 Å². The zero-order chi connectivity index (χ0) is 11.3. The molecule has 5 heteroatoms. The fourth-order valence-corrected chi connectivity index (χ4v) is 1.90. The number of alkyl halides is 3. The first-order valence-corrected chi connectivity index (χ1v) is 5.09. The average Bonchev–Trinajstić information content (AvgIpc) is 2.94. The quantitative estimate of drug-likeness (QED) is 0.729. The van der Waals surface area contributed by atoms with Gasteiger partial charge >= 0.3 is 6.18 Å². The average molecular weight is 226 g/mol. The summed E-state index contributed by atoms with van der Waals surface area (Å²) in [6, 6.07) is 1.24. The van der Waals surface area contributed by atoms with Crippen molar-refractivity contribution >= 4 is 5.65 Å². The summed E-state index contributed by atoms with van der Waals surface area (Å²) in [4.78, 5) is 3.75. The second-order valence-corrected chi connectivity index (χ2v) is 4.12. The van der Waals surface area contributed by atoms with Crippen LogP contribution in [-0.2, 0) is 6.18 Å². The van der Waals surface area contributed by atoms with E-state index in [4.69, 9.17) is 0 Å². The van der Waals surface area contributed by atoms with Crippen LogP contribution in [-0.4, -0.2) is 9.38 Å². The summed E-state index contributed by atoms with van der Waals surface area (Å²) in [6.07, 6.45) is 2.32. The first-order valence-electron chi connectivity index (χ1n) is 5.09. The van der Waals surface area contributed by atoms with Gasteiger partial charge in [0.1, 0.15) is 5.65 Å². The molecule has 1 aliphatic rings. The molecule has 0 atom stereocenters. The Kier molecular flexibility index (Phi) is 1.81. The topological polar surface area (TPSA) is 17.3 Å². The van der Waals surface area contributed by atoms with Gasteiger partial charge in [0.25, 0.3) is 0 Å². The molecule has 0 unspecified atom stereocenters. The highest BCUT2D eigenvalue weighted by molar-refractivity contribution is 5.51. The number of imidazole rings is 1. The van der Waals surface area contributed by atoms with E-state index in [1.807, 2.05) is 0 Å². The van der Waals surface area contributed by atoms with Crippen molar-refractivity contribution in [1.29, 1.82) is 0 Å². The molecule has 0 N–H and O–H groups in total. The molecule has 84 valence electrons. The van der Waals surface area contributed by atoms with Crippen molar-refractivity contribution in [2.45, 2.75) is 24.9 Å². The molecule has 2 aromatic rings. The van der Waals surface area contributed by atoms with Crippen molar-refractivity contribution in [1.82, 2.24) is 9.38 Å². The minimum Gasteiger partial charge on any atom is -0.306 e. The molecular formula is C11H9F3N2. The highest BCUT2D eigenvalue weighted by Crippen LogP contribution is 2.42. The Morgan fingerprint density at radius 1 is 1.31 bits per heavy atom. The molecule has 0 aliphatic heterocycles. The summed E-state index contributed by atoms with van der Waals surface area (Å²) < 4.78 is 39.9. The maximum Gasteiger partial charge on any atom is 0.419 e. The van der Waals surface area contributed by atoms with Gasteiger partial charge < -0.3 is 4.40 Å². The number of pyridine rings is 1. The minimum atomic E-state index is -4.34. The Balaban J connectivity index is 2.26. The van der Waals surface area contributed by atoms with Crippen molar-refractivity contribution < 1.29 is 13.2 Å². The van der Waals surface area contributed by atoms with Crippen LogP contribution in [0, 0.1) is 0 Å². The first-order chi connectivity index (χ1) is 7.55. The summed E-state index contributed by atoms with van der Waals surface area (Å²) in [5.41, 5.74) is 0.108. The summed E-state index contributed by atoms with van der Waals surface area (Å²) >= 11 is 0. The van der Waals surface area contributed by atoms with Gasteiger partial charge in [-0.25, -0.2) is 4.98 Å². The third kappa shape index (κ3) is 1.47. The van der Waals surface area contributed by atoms with Crippen molar-refractivity contribution in [3.05, 3.63) is 35.8 Å². The van der Waals surface area contributed by atoms with Gasteiger partial charge in [-0.05, 0) is 30.4 Å². The van der Waals surface area contributed by atoms with Crippen LogP contribution in [0.15, 0.2) is 24.7 Å². The normalized spacial score (nSPS) is 16.9. The Morgan fingerprint density at radius 2 is 2.06 bits per heavy atom. The molecule has 0 bridgehead atoms. The molecule has 2 nitrogen and oxygen atoms in total. The van der Waals surface area contributed by atoms with E-state index < -0.39 is 11.7 Å². The fraction of sp³-hybridized carbons (Fsp3) is 0.364. The third-order valence-electron chi connectivity index (χ3n) is 2.86. The Morgan fingerprint density at radius 3 is 2.69 bits per heavy atom. The van der Waals surface area contributed by atoms with Crippen LogP contribution >= 0.6 is 0 Å². The third-order valence-corrected chi connectivity index (χ3v) is 2.86. The van der Waals surface area contributed by atoms with Crippen LogP contribution in [0.1, 0.15) is 29.9 Å². The molecule has 16 heavy (non-hydrogen) atoms. The molecule has 0 saturated heterocycles. The second kappa shape index (κ2) is 2.99. The zero-order valence-electron chi connectivity index (χ0n) is 8.33. The summed E-state index contributed by atoms with van der Waals surface area (Å²) in [7, 11) is 0. The van der Waals surface area contributed by atoms with Crippen LogP contribution in [0.4, 0.5) is 13.2 Å². The number of hydrogen-bond donors (Lipinski definition) is 0. The second-order valence-electron chi connectivity index (χ2n) is 4.12. The predicted octanol–water partition coefficient (Wildman–Crippen LogP) is 3.23. The smallest absolute Gasteiger partial charge is 0.306 e. The van der Waals surface area contributed by atoms with Crippen molar-refractivity contribution in [3.63, 3.8) is 0 Å². The summed E-state index contributed by atoms with van der Waals surface area (Å²) in [6.45, 7) is 0. The molecule has 0 aromatic carbocycles. The van der Waals surface area contributed by atoms with Crippen molar-refractivity contribution in [3.8, 4) is 0 Å². The highest BCUT2D eigenvalue weighted by Gasteiger charge is 2.36. The summed E-state index contributed by atoms with van der Waals surface area (Å²) in [5.74, 6) is 0.299. The van der Waals surface area contributed by atoms with Crippen LogP contribution in [0.5, 0.6) is 0 Å². The van der Waals surface area contributed by atoms with Gasteiger partial charge in [0, 0.05) is 18.6 Å². The summed E-state index contributed by atoms with van der Waals surface area (Å²) in [5, 5.41) is 0. The maximum atomic E-state index is 12.8. The first kappa shape index (κ1) is 9.69. The lowest BCUT2D eigenvalue weighted by Gasteiger charge is -2.10. The largest absolute Gasteiger partial charge is 0.419 e. The van der Waals surface area contributed by atoms with Gasteiger partial charge in [-0.15, -0.1) is 0 Å². The van der Waals surface area contributed by atoms with E-state index in [0.29, 0.717) is 5.92 Å². The SMILES string of the molecule is FC(F)(F)c1cc(C2CC2)cn2ccnc12. The lowest BCUT2D eigenvalue weighted by molar-refractivity contribution is -0.136. The Hall–Kier alpha value is -1.52. The number of nitrogens with zero attached hydrogens (tertiary/aromatic N) is 2.